The van der Waals surface area contributed by atoms with Crippen molar-refractivity contribution in [2.45, 2.75) is 6.92 Å². The fourth-order valence-corrected chi connectivity index (χ4v) is 2.98. The third kappa shape index (κ3) is 3.63. The average Bonchev–Trinajstić information content (AvgIpc) is 2.90. The smallest absolute Gasteiger partial charge is 0.264 e. The van der Waals surface area contributed by atoms with Crippen molar-refractivity contribution < 1.29 is 9.53 Å². The topological polar surface area (TPSA) is 50.7 Å². The van der Waals surface area contributed by atoms with E-state index in [2.05, 4.69) is 10.3 Å². The van der Waals surface area contributed by atoms with Crippen LogP contribution in [-0.2, 0) is 4.79 Å². The number of hydrogen-bond donors (Lipinski definition) is 1. The summed E-state index contributed by atoms with van der Waals surface area (Å²) in [5.41, 5.74) is 2.86. The molecule has 23 heavy (non-hydrogen) atoms. The number of para-hydroxylation sites is 1. The van der Waals surface area contributed by atoms with E-state index in [9.17, 15) is 4.79 Å². The highest BCUT2D eigenvalue weighted by Crippen LogP contribution is 2.30. The first-order valence-corrected chi connectivity index (χ1v) is 7.96. The van der Waals surface area contributed by atoms with E-state index in [-0.39, 0.29) is 5.91 Å². The molecule has 1 fully saturated rings. The number of aryl methyl sites for hydroxylation is 1. The summed E-state index contributed by atoms with van der Waals surface area (Å²) in [5.74, 6) is 0.587. The van der Waals surface area contributed by atoms with E-state index in [1.54, 1.807) is 7.11 Å². The molecule has 0 saturated carbocycles. The van der Waals surface area contributed by atoms with E-state index in [4.69, 9.17) is 4.74 Å². The predicted molar refractivity (Wildman–Crippen MR) is 95.0 cm³/mol. The molecule has 3 rings (SSSR count). The second kappa shape index (κ2) is 6.71. The summed E-state index contributed by atoms with van der Waals surface area (Å²) < 4.78 is 5.31. The van der Waals surface area contributed by atoms with Crippen molar-refractivity contribution in [1.29, 1.82) is 0 Å². The van der Waals surface area contributed by atoms with Gasteiger partial charge in [-0.1, -0.05) is 35.9 Å². The Bertz CT molecular complexity index is 795. The van der Waals surface area contributed by atoms with Gasteiger partial charge in [-0.2, -0.15) is 0 Å². The van der Waals surface area contributed by atoms with Gasteiger partial charge in [-0.25, -0.2) is 4.99 Å². The Morgan fingerprint density at radius 1 is 1.13 bits per heavy atom. The minimum absolute atomic E-state index is 0.147. The number of rotatable bonds is 3. The van der Waals surface area contributed by atoms with Crippen molar-refractivity contribution >= 4 is 34.6 Å². The van der Waals surface area contributed by atoms with Gasteiger partial charge < -0.3 is 10.1 Å². The van der Waals surface area contributed by atoms with Crippen LogP contribution >= 0.6 is 11.8 Å². The first kappa shape index (κ1) is 15.4. The molecule has 5 heteroatoms. The summed E-state index contributed by atoms with van der Waals surface area (Å²) >= 11 is 1.33. The summed E-state index contributed by atoms with van der Waals surface area (Å²) in [6, 6.07) is 15.4. The van der Waals surface area contributed by atoms with Gasteiger partial charge in [-0.05, 0) is 43.0 Å². The number of aliphatic imine (C=N–C) groups is 1. The normalized spacial score (nSPS) is 17.6. The molecule has 1 N–H and O–H groups in total. The lowest BCUT2D eigenvalue weighted by atomic mass is 10.2. The minimum atomic E-state index is -0.147. The quantitative estimate of drug-likeness (QED) is 0.871. The number of amides is 1. The summed E-state index contributed by atoms with van der Waals surface area (Å²) in [7, 11) is 1.61. The Labute approximate surface area is 139 Å². The molecule has 116 valence electrons. The van der Waals surface area contributed by atoms with Crippen LogP contribution in [0.1, 0.15) is 11.1 Å². The number of methoxy groups -OCH3 is 1. The van der Waals surface area contributed by atoms with Crippen molar-refractivity contribution in [3.8, 4) is 5.75 Å². The van der Waals surface area contributed by atoms with Gasteiger partial charge in [0.25, 0.3) is 5.91 Å². The molecule has 1 aliphatic rings. The molecule has 2 aromatic rings. The zero-order chi connectivity index (χ0) is 16.2. The minimum Gasteiger partial charge on any atom is -0.496 e. The maximum absolute atomic E-state index is 12.1. The maximum atomic E-state index is 12.1. The molecule has 1 saturated heterocycles. The highest BCUT2D eigenvalue weighted by molar-refractivity contribution is 8.18. The fraction of sp³-hybridized carbons (Fsp3) is 0.111. The second-order valence-electron chi connectivity index (χ2n) is 5.06. The molecule has 1 heterocycles. The number of thioether (sulfide) groups is 1. The van der Waals surface area contributed by atoms with Gasteiger partial charge in [0.1, 0.15) is 5.75 Å². The van der Waals surface area contributed by atoms with Crippen LogP contribution in [0.25, 0.3) is 6.08 Å². The van der Waals surface area contributed by atoms with Crippen LogP contribution in [0.4, 0.5) is 5.69 Å². The largest absolute Gasteiger partial charge is 0.496 e. The van der Waals surface area contributed by atoms with E-state index >= 15 is 0 Å². The van der Waals surface area contributed by atoms with E-state index < -0.39 is 0 Å². The number of hydrogen-bond acceptors (Lipinski definition) is 4. The van der Waals surface area contributed by atoms with Crippen LogP contribution in [0.2, 0.25) is 0 Å². The summed E-state index contributed by atoms with van der Waals surface area (Å²) in [4.78, 5) is 17.2. The Balaban J connectivity index is 1.85. The third-order valence-electron chi connectivity index (χ3n) is 3.34. The zero-order valence-corrected chi connectivity index (χ0v) is 13.7. The summed E-state index contributed by atoms with van der Waals surface area (Å²) in [5, 5.41) is 3.37. The van der Waals surface area contributed by atoms with Crippen LogP contribution in [0.3, 0.4) is 0 Å². The number of nitrogens with one attached hydrogen (secondary N) is 1. The van der Waals surface area contributed by atoms with E-state index in [0.29, 0.717) is 10.1 Å². The summed E-state index contributed by atoms with van der Waals surface area (Å²) in [6.45, 7) is 2.02. The lowest BCUT2D eigenvalue weighted by Gasteiger charge is -2.03. The highest BCUT2D eigenvalue weighted by atomic mass is 32.2. The van der Waals surface area contributed by atoms with Gasteiger partial charge in [-0.15, -0.1) is 0 Å². The average molecular weight is 324 g/mol. The molecule has 0 bridgehead atoms. The van der Waals surface area contributed by atoms with Crippen molar-refractivity contribution in [3.63, 3.8) is 0 Å². The van der Waals surface area contributed by atoms with Gasteiger partial charge >= 0.3 is 0 Å². The number of benzene rings is 2. The maximum Gasteiger partial charge on any atom is 0.264 e. The van der Waals surface area contributed by atoms with Gasteiger partial charge in [0.15, 0.2) is 5.17 Å². The van der Waals surface area contributed by atoms with E-state index in [1.807, 2.05) is 61.5 Å². The Morgan fingerprint density at radius 3 is 2.61 bits per heavy atom. The van der Waals surface area contributed by atoms with Crippen molar-refractivity contribution in [3.05, 3.63) is 64.6 Å². The lowest BCUT2D eigenvalue weighted by Crippen LogP contribution is -2.19. The van der Waals surface area contributed by atoms with Crippen LogP contribution in [0, 0.1) is 6.92 Å². The molecule has 1 amide bonds. The highest BCUT2D eigenvalue weighted by Gasteiger charge is 2.24. The van der Waals surface area contributed by atoms with Crippen LogP contribution in [0.5, 0.6) is 5.75 Å². The molecule has 0 spiro atoms. The van der Waals surface area contributed by atoms with Gasteiger partial charge in [-0.3, -0.25) is 4.79 Å². The zero-order valence-electron chi connectivity index (χ0n) is 12.9. The molecule has 0 atom stereocenters. The van der Waals surface area contributed by atoms with Crippen molar-refractivity contribution in [2.24, 2.45) is 4.99 Å². The molecule has 0 aliphatic carbocycles. The molecule has 0 aromatic heterocycles. The number of nitrogens with zero attached hydrogens (tertiary/aromatic N) is 1. The molecule has 4 nitrogen and oxygen atoms in total. The standard InChI is InChI=1S/C18H16N2O2S/c1-12-7-9-14(10-8-12)19-18-20-17(21)16(23-18)11-13-5-3-4-6-15(13)22-2/h3-11H,1-2H3,(H,19,20,21)/b16-11-. The first-order valence-electron chi connectivity index (χ1n) is 7.15. The predicted octanol–water partition coefficient (Wildman–Crippen LogP) is 3.90. The van der Waals surface area contributed by atoms with Gasteiger partial charge in [0, 0.05) is 5.56 Å². The van der Waals surface area contributed by atoms with Crippen molar-refractivity contribution in [2.75, 3.05) is 7.11 Å². The van der Waals surface area contributed by atoms with Crippen molar-refractivity contribution in [1.82, 2.24) is 5.32 Å². The Kier molecular flexibility index (Phi) is 4.48. The number of ether oxygens (including phenoxy) is 1. The van der Waals surface area contributed by atoms with E-state index in [0.717, 1.165) is 17.0 Å². The molecule has 0 radical (unpaired) electrons. The second-order valence-corrected chi connectivity index (χ2v) is 6.09. The molecular weight excluding hydrogens is 308 g/mol. The molecule has 0 unspecified atom stereocenters. The van der Waals surface area contributed by atoms with Crippen LogP contribution in [0.15, 0.2) is 58.4 Å². The van der Waals surface area contributed by atoms with Gasteiger partial charge in [0.2, 0.25) is 0 Å². The molecular formula is C18H16N2O2S. The van der Waals surface area contributed by atoms with Crippen LogP contribution < -0.4 is 10.1 Å². The Hall–Kier alpha value is -2.53. The van der Waals surface area contributed by atoms with Crippen LogP contribution in [-0.4, -0.2) is 18.2 Å². The third-order valence-corrected chi connectivity index (χ3v) is 4.25. The van der Waals surface area contributed by atoms with Gasteiger partial charge in [0.05, 0.1) is 17.7 Å². The Morgan fingerprint density at radius 2 is 1.87 bits per heavy atom. The first-order chi connectivity index (χ1) is 11.2. The lowest BCUT2D eigenvalue weighted by molar-refractivity contribution is -0.115. The molecule has 2 aromatic carbocycles. The number of amidine groups is 1. The summed E-state index contributed by atoms with van der Waals surface area (Å²) in [6.07, 6.45) is 1.82. The SMILES string of the molecule is COc1ccccc1/C=C1\SC(=Nc2ccc(C)cc2)NC1=O. The monoisotopic (exact) mass is 324 g/mol. The van der Waals surface area contributed by atoms with E-state index in [1.165, 1.54) is 17.3 Å². The number of carbonyl (C=O) groups is 1. The molecule has 1 aliphatic heterocycles. The fourth-order valence-electron chi connectivity index (χ4n) is 2.14. The number of carbonyl (C=O) groups excluding carboxylic acids is 1.